The number of likely N-dealkylation sites (N-methyl/N-ethyl adjacent to an activating group) is 1. The number of rotatable bonds is 6. The molecule has 0 unspecified atom stereocenters. The number of hydrogen-bond donors (Lipinski definition) is 0. The average molecular weight is 172 g/mol. The van der Waals surface area contributed by atoms with Crippen LogP contribution in [0.15, 0.2) is 0 Å². The van der Waals surface area contributed by atoms with Gasteiger partial charge in [0.2, 0.25) is 0 Å². The molecular weight excluding hydrogens is 148 g/mol. The molecule has 0 saturated heterocycles. The third-order valence-corrected chi connectivity index (χ3v) is 2.08. The lowest BCUT2D eigenvalue weighted by atomic mass is 10.3. The Kier molecular flexibility index (Phi) is 6.39. The van der Waals surface area contributed by atoms with Crippen LogP contribution in [0.3, 0.4) is 0 Å². The van der Waals surface area contributed by atoms with Crippen molar-refractivity contribution in [3.8, 4) is 0 Å². The van der Waals surface area contributed by atoms with Crippen LogP contribution in [0.2, 0.25) is 0 Å². The molecule has 0 rings (SSSR count). The topological polar surface area (TPSA) is 6.48 Å². The van der Waals surface area contributed by atoms with Gasteiger partial charge in [-0.1, -0.05) is 6.92 Å². The van der Waals surface area contributed by atoms with Gasteiger partial charge in [0.05, 0.1) is 0 Å². The van der Waals surface area contributed by atoms with E-state index in [1.165, 1.54) is 19.5 Å². The molecular formula is C10H24N2. The Bertz CT molecular complexity index is 100. The molecule has 0 spiro atoms. The molecule has 0 radical (unpaired) electrons. The van der Waals surface area contributed by atoms with Crippen molar-refractivity contribution < 1.29 is 0 Å². The van der Waals surface area contributed by atoms with Gasteiger partial charge in [0.25, 0.3) is 0 Å². The fraction of sp³-hybridized carbons (Fsp3) is 1.00. The van der Waals surface area contributed by atoms with E-state index in [1.54, 1.807) is 0 Å². The highest BCUT2D eigenvalue weighted by molar-refractivity contribution is 4.63. The van der Waals surface area contributed by atoms with E-state index in [9.17, 15) is 0 Å². The summed E-state index contributed by atoms with van der Waals surface area (Å²) in [5.41, 5.74) is 0. The second kappa shape index (κ2) is 6.44. The van der Waals surface area contributed by atoms with Crippen molar-refractivity contribution in [3.05, 3.63) is 0 Å². The highest BCUT2D eigenvalue weighted by Crippen LogP contribution is 1.98. The average Bonchev–Trinajstić information content (AvgIpc) is 1.96. The first-order valence-corrected chi connectivity index (χ1v) is 4.96. The van der Waals surface area contributed by atoms with Crippen molar-refractivity contribution in [1.82, 2.24) is 9.80 Å². The smallest absolute Gasteiger partial charge is 0.0112 e. The van der Waals surface area contributed by atoms with Crippen LogP contribution in [0, 0.1) is 0 Å². The maximum atomic E-state index is 2.53. The van der Waals surface area contributed by atoms with Gasteiger partial charge in [-0.2, -0.15) is 0 Å². The van der Waals surface area contributed by atoms with Gasteiger partial charge in [0, 0.05) is 19.1 Å². The predicted molar refractivity (Wildman–Crippen MR) is 55.6 cm³/mol. The van der Waals surface area contributed by atoms with Crippen LogP contribution in [-0.2, 0) is 0 Å². The van der Waals surface area contributed by atoms with Crippen molar-refractivity contribution in [2.75, 3.05) is 33.7 Å². The van der Waals surface area contributed by atoms with Crippen LogP contribution < -0.4 is 0 Å². The van der Waals surface area contributed by atoms with Gasteiger partial charge >= 0.3 is 0 Å². The summed E-state index contributed by atoms with van der Waals surface area (Å²) in [6.45, 7) is 10.4. The van der Waals surface area contributed by atoms with E-state index in [4.69, 9.17) is 0 Å². The molecule has 0 saturated carbocycles. The molecule has 0 aliphatic rings. The Hall–Kier alpha value is -0.0800. The van der Waals surface area contributed by atoms with E-state index in [1.807, 2.05) is 0 Å². The normalized spacial score (nSPS) is 12.0. The van der Waals surface area contributed by atoms with E-state index in [0.29, 0.717) is 6.04 Å². The molecule has 0 atom stereocenters. The molecule has 0 heterocycles. The molecule has 74 valence electrons. The highest BCUT2D eigenvalue weighted by Gasteiger charge is 2.07. The summed E-state index contributed by atoms with van der Waals surface area (Å²) in [4.78, 5) is 4.77. The molecule has 0 amide bonds. The molecule has 2 heteroatoms. The van der Waals surface area contributed by atoms with Crippen LogP contribution in [0.25, 0.3) is 0 Å². The zero-order valence-corrected chi connectivity index (χ0v) is 9.30. The van der Waals surface area contributed by atoms with Crippen molar-refractivity contribution >= 4 is 0 Å². The Morgan fingerprint density at radius 2 is 1.58 bits per heavy atom. The molecule has 0 fully saturated rings. The first-order valence-electron chi connectivity index (χ1n) is 4.96. The second-order valence-corrected chi connectivity index (χ2v) is 3.93. The van der Waals surface area contributed by atoms with Crippen molar-refractivity contribution in [3.63, 3.8) is 0 Å². The predicted octanol–water partition coefficient (Wildman–Crippen LogP) is 1.67. The van der Waals surface area contributed by atoms with E-state index >= 15 is 0 Å². The quantitative estimate of drug-likeness (QED) is 0.601. The summed E-state index contributed by atoms with van der Waals surface area (Å²) in [6, 6.07) is 0.685. The molecule has 0 aliphatic carbocycles. The fourth-order valence-corrected chi connectivity index (χ4v) is 1.24. The lowest BCUT2D eigenvalue weighted by molar-refractivity contribution is 0.199. The minimum atomic E-state index is 0.685. The summed E-state index contributed by atoms with van der Waals surface area (Å²) < 4.78 is 0. The highest BCUT2D eigenvalue weighted by atomic mass is 15.2. The van der Waals surface area contributed by atoms with Gasteiger partial charge in [-0.3, -0.25) is 4.90 Å². The van der Waals surface area contributed by atoms with E-state index < -0.39 is 0 Å². The lowest BCUT2D eigenvalue weighted by Crippen LogP contribution is -2.37. The van der Waals surface area contributed by atoms with Gasteiger partial charge in [-0.15, -0.1) is 0 Å². The molecule has 0 aromatic rings. The Morgan fingerprint density at radius 3 is 1.92 bits per heavy atom. The lowest BCUT2D eigenvalue weighted by Gasteiger charge is -2.27. The largest absolute Gasteiger partial charge is 0.308 e. The monoisotopic (exact) mass is 172 g/mol. The zero-order chi connectivity index (χ0) is 9.56. The Balaban J connectivity index is 3.63. The maximum absolute atomic E-state index is 2.53. The minimum Gasteiger partial charge on any atom is -0.308 e. The first-order chi connectivity index (χ1) is 5.57. The summed E-state index contributed by atoms with van der Waals surface area (Å²) in [7, 11) is 4.26. The fourth-order valence-electron chi connectivity index (χ4n) is 1.24. The molecule has 12 heavy (non-hydrogen) atoms. The molecule has 0 aromatic heterocycles. The minimum absolute atomic E-state index is 0.685. The van der Waals surface area contributed by atoms with Crippen LogP contribution in [-0.4, -0.2) is 49.6 Å². The zero-order valence-electron chi connectivity index (χ0n) is 9.30. The Morgan fingerprint density at radius 1 is 1.00 bits per heavy atom. The molecule has 0 bridgehead atoms. The second-order valence-electron chi connectivity index (χ2n) is 3.93. The van der Waals surface area contributed by atoms with Crippen LogP contribution in [0.1, 0.15) is 27.2 Å². The summed E-state index contributed by atoms with van der Waals surface area (Å²) in [6.07, 6.45) is 1.26. The van der Waals surface area contributed by atoms with Gasteiger partial charge < -0.3 is 4.90 Å². The molecule has 0 aliphatic heterocycles. The summed E-state index contributed by atoms with van der Waals surface area (Å²) in [5, 5.41) is 0. The summed E-state index contributed by atoms with van der Waals surface area (Å²) >= 11 is 0. The third kappa shape index (κ3) is 5.56. The van der Waals surface area contributed by atoms with Gasteiger partial charge in [-0.25, -0.2) is 0 Å². The maximum Gasteiger partial charge on any atom is 0.0112 e. The third-order valence-electron chi connectivity index (χ3n) is 2.08. The van der Waals surface area contributed by atoms with Crippen molar-refractivity contribution in [2.24, 2.45) is 0 Å². The van der Waals surface area contributed by atoms with E-state index in [-0.39, 0.29) is 0 Å². The van der Waals surface area contributed by atoms with Crippen molar-refractivity contribution in [1.29, 1.82) is 0 Å². The van der Waals surface area contributed by atoms with Crippen LogP contribution in [0.5, 0.6) is 0 Å². The molecule has 0 N–H and O–H groups in total. The Labute approximate surface area is 77.5 Å². The number of hydrogen-bond acceptors (Lipinski definition) is 2. The molecule has 2 nitrogen and oxygen atoms in total. The molecule has 0 aromatic carbocycles. The van der Waals surface area contributed by atoms with E-state index in [0.717, 1.165) is 6.54 Å². The summed E-state index contributed by atoms with van der Waals surface area (Å²) in [5.74, 6) is 0. The van der Waals surface area contributed by atoms with Crippen LogP contribution in [0.4, 0.5) is 0 Å². The number of nitrogens with zero attached hydrogens (tertiary/aromatic N) is 2. The first kappa shape index (κ1) is 11.9. The SMILES string of the molecule is CCCN(CCN(C)C)C(C)C. The van der Waals surface area contributed by atoms with Gasteiger partial charge in [0.1, 0.15) is 0 Å². The van der Waals surface area contributed by atoms with Gasteiger partial charge in [-0.05, 0) is 40.9 Å². The van der Waals surface area contributed by atoms with E-state index in [2.05, 4.69) is 44.7 Å². The van der Waals surface area contributed by atoms with Crippen LogP contribution >= 0.6 is 0 Å². The van der Waals surface area contributed by atoms with Gasteiger partial charge in [0.15, 0.2) is 0 Å². The van der Waals surface area contributed by atoms with Crippen molar-refractivity contribution in [2.45, 2.75) is 33.2 Å². The standard InChI is InChI=1S/C10H24N2/c1-6-7-12(10(2)3)9-8-11(4)5/h10H,6-9H2,1-5H3.